The molecule has 2 amide bonds. The summed E-state index contributed by atoms with van der Waals surface area (Å²) in [5, 5.41) is 2.97. The Kier molecular flexibility index (Phi) is 4.28. The molecule has 4 heteroatoms. The Balaban J connectivity index is 1.68. The molecule has 4 nitrogen and oxygen atoms in total. The van der Waals surface area contributed by atoms with Crippen molar-refractivity contribution in [3.8, 4) is 5.75 Å². The molecule has 114 valence electrons. The van der Waals surface area contributed by atoms with Gasteiger partial charge in [-0.25, -0.2) is 4.79 Å². The van der Waals surface area contributed by atoms with Crippen LogP contribution in [0.25, 0.3) is 0 Å². The van der Waals surface area contributed by atoms with Gasteiger partial charge in [0.2, 0.25) is 0 Å². The van der Waals surface area contributed by atoms with Gasteiger partial charge in [-0.3, -0.25) is 0 Å². The van der Waals surface area contributed by atoms with Crippen LogP contribution in [0.15, 0.2) is 54.6 Å². The van der Waals surface area contributed by atoms with Crippen LogP contribution in [0.3, 0.4) is 0 Å². The summed E-state index contributed by atoms with van der Waals surface area (Å²) < 4.78 is 5.17. The van der Waals surface area contributed by atoms with Gasteiger partial charge >= 0.3 is 6.03 Å². The first-order valence-corrected chi connectivity index (χ1v) is 7.52. The number of amides is 2. The predicted octanol–water partition coefficient (Wildman–Crippen LogP) is 3.89. The first kappa shape index (κ1) is 14.4. The smallest absolute Gasteiger partial charge is 0.322 e. The fraction of sp³-hybridized carbons (Fsp3) is 0.278. The lowest BCUT2D eigenvalue weighted by atomic mass is 10.2. The molecule has 1 saturated carbocycles. The number of urea groups is 1. The number of methoxy groups -OCH3 is 1. The first-order chi connectivity index (χ1) is 10.8. The van der Waals surface area contributed by atoms with Gasteiger partial charge in [0.1, 0.15) is 5.75 Å². The largest absolute Gasteiger partial charge is 0.497 e. The van der Waals surface area contributed by atoms with E-state index in [0.717, 1.165) is 29.8 Å². The quantitative estimate of drug-likeness (QED) is 0.909. The molecule has 1 aliphatic carbocycles. The molecule has 0 heterocycles. The number of anilines is 1. The Morgan fingerprint density at radius 1 is 1.14 bits per heavy atom. The number of carbonyl (C=O) groups excluding carboxylic acids is 1. The molecular formula is C18H20N2O2. The van der Waals surface area contributed by atoms with Crippen LogP contribution in [0, 0.1) is 0 Å². The van der Waals surface area contributed by atoms with E-state index in [1.54, 1.807) is 7.11 Å². The summed E-state index contributed by atoms with van der Waals surface area (Å²) >= 11 is 0. The molecule has 0 spiro atoms. The van der Waals surface area contributed by atoms with Gasteiger partial charge in [-0.05, 0) is 42.7 Å². The zero-order valence-electron chi connectivity index (χ0n) is 12.7. The van der Waals surface area contributed by atoms with Crippen LogP contribution in [0.5, 0.6) is 5.75 Å². The Morgan fingerprint density at radius 2 is 1.82 bits per heavy atom. The summed E-state index contributed by atoms with van der Waals surface area (Å²) in [6, 6.07) is 17.7. The van der Waals surface area contributed by atoms with Crippen LogP contribution in [0.4, 0.5) is 10.5 Å². The lowest BCUT2D eigenvalue weighted by Gasteiger charge is -2.23. The lowest BCUT2D eigenvalue weighted by molar-refractivity contribution is 0.206. The summed E-state index contributed by atoms with van der Waals surface area (Å²) in [7, 11) is 1.65. The Morgan fingerprint density at radius 3 is 2.41 bits per heavy atom. The minimum atomic E-state index is -0.0375. The van der Waals surface area contributed by atoms with Crippen molar-refractivity contribution in [2.75, 3.05) is 12.4 Å². The second-order valence-corrected chi connectivity index (χ2v) is 5.50. The van der Waals surface area contributed by atoms with Crippen molar-refractivity contribution in [2.45, 2.75) is 25.4 Å². The normalized spacial score (nSPS) is 13.5. The van der Waals surface area contributed by atoms with Crippen molar-refractivity contribution in [2.24, 2.45) is 0 Å². The average molecular weight is 296 g/mol. The molecule has 22 heavy (non-hydrogen) atoms. The van der Waals surface area contributed by atoms with E-state index < -0.39 is 0 Å². The van der Waals surface area contributed by atoms with Crippen LogP contribution in [0.2, 0.25) is 0 Å². The van der Waals surface area contributed by atoms with Crippen molar-refractivity contribution in [1.82, 2.24) is 4.90 Å². The number of benzene rings is 2. The summed E-state index contributed by atoms with van der Waals surface area (Å²) in [6.45, 7) is 0.618. The maximum absolute atomic E-state index is 12.5. The van der Waals surface area contributed by atoms with Crippen molar-refractivity contribution in [1.29, 1.82) is 0 Å². The number of ether oxygens (including phenoxy) is 1. The molecule has 2 aromatic carbocycles. The number of hydrogen-bond donors (Lipinski definition) is 1. The van der Waals surface area contributed by atoms with Gasteiger partial charge < -0.3 is 15.0 Å². The Bertz CT molecular complexity index is 621. The third-order valence-corrected chi connectivity index (χ3v) is 3.79. The number of hydrogen-bond acceptors (Lipinski definition) is 2. The molecule has 0 radical (unpaired) electrons. The van der Waals surface area contributed by atoms with Crippen molar-refractivity contribution < 1.29 is 9.53 Å². The highest BCUT2D eigenvalue weighted by molar-refractivity contribution is 5.89. The van der Waals surface area contributed by atoms with Gasteiger partial charge in [-0.2, -0.15) is 0 Å². The molecule has 0 aromatic heterocycles. The molecule has 0 atom stereocenters. The maximum atomic E-state index is 12.5. The standard InChI is InChI=1S/C18H20N2O2/c1-22-17-11-7-14(8-12-17)13-20(16-9-10-16)18(21)19-15-5-3-2-4-6-15/h2-8,11-12,16H,9-10,13H2,1H3,(H,19,21). The molecule has 2 aromatic rings. The van der Waals surface area contributed by atoms with Gasteiger partial charge in [0.15, 0.2) is 0 Å². The molecule has 0 bridgehead atoms. The van der Waals surface area contributed by atoms with Crippen LogP contribution in [-0.4, -0.2) is 24.1 Å². The second-order valence-electron chi connectivity index (χ2n) is 5.50. The second kappa shape index (κ2) is 6.52. The molecule has 0 saturated heterocycles. The minimum absolute atomic E-state index is 0.0375. The highest BCUT2D eigenvalue weighted by atomic mass is 16.5. The highest BCUT2D eigenvalue weighted by Crippen LogP contribution is 2.29. The Labute approximate surface area is 130 Å². The van der Waals surface area contributed by atoms with Gasteiger partial charge in [-0.15, -0.1) is 0 Å². The number of nitrogens with one attached hydrogen (secondary N) is 1. The van der Waals surface area contributed by atoms with Crippen LogP contribution in [-0.2, 0) is 6.54 Å². The van der Waals surface area contributed by atoms with Crippen molar-refractivity contribution in [3.05, 3.63) is 60.2 Å². The summed E-state index contributed by atoms with van der Waals surface area (Å²) in [5.74, 6) is 0.829. The average Bonchev–Trinajstić information content (AvgIpc) is 3.39. The monoisotopic (exact) mass is 296 g/mol. The van der Waals surface area contributed by atoms with E-state index >= 15 is 0 Å². The molecule has 3 rings (SSSR count). The first-order valence-electron chi connectivity index (χ1n) is 7.52. The molecule has 0 aliphatic heterocycles. The van der Waals surface area contributed by atoms with Gasteiger partial charge in [0.05, 0.1) is 7.11 Å². The zero-order valence-corrected chi connectivity index (χ0v) is 12.7. The predicted molar refractivity (Wildman–Crippen MR) is 87.0 cm³/mol. The number of rotatable bonds is 5. The summed E-state index contributed by atoms with van der Waals surface area (Å²) in [6.07, 6.45) is 2.16. The third kappa shape index (κ3) is 3.58. The molecule has 1 N–H and O–H groups in total. The number of carbonyl (C=O) groups is 1. The van der Waals surface area contributed by atoms with E-state index in [9.17, 15) is 4.79 Å². The van der Waals surface area contributed by atoms with Crippen LogP contribution < -0.4 is 10.1 Å². The fourth-order valence-electron chi connectivity index (χ4n) is 2.40. The lowest BCUT2D eigenvalue weighted by Crippen LogP contribution is -2.36. The maximum Gasteiger partial charge on any atom is 0.322 e. The minimum Gasteiger partial charge on any atom is -0.497 e. The van der Waals surface area contributed by atoms with E-state index in [2.05, 4.69) is 5.32 Å². The Hall–Kier alpha value is -2.49. The number of para-hydroxylation sites is 1. The number of nitrogens with zero attached hydrogens (tertiary/aromatic N) is 1. The summed E-state index contributed by atoms with van der Waals surface area (Å²) in [5.41, 5.74) is 1.93. The topological polar surface area (TPSA) is 41.6 Å². The molecule has 1 aliphatic rings. The molecular weight excluding hydrogens is 276 g/mol. The van der Waals surface area contributed by atoms with E-state index in [1.165, 1.54) is 0 Å². The third-order valence-electron chi connectivity index (χ3n) is 3.79. The highest BCUT2D eigenvalue weighted by Gasteiger charge is 2.32. The van der Waals surface area contributed by atoms with Crippen LogP contribution in [0.1, 0.15) is 18.4 Å². The van der Waals surface area contributed by atoms with Crippen molar-refractivity contribution in [3.63, 3.8) is 0 Å². The van der Waals surface area contributed by atoms with E-state index in [0.29, 0.717) is 12.6 Å². The van der Waals surface area contributed by atoms with E-state index in [-0.39, 0.29) is 6.03 Å². The summed E-state index contributed by atoms with van der Waals surface area (Å²) in [4.78, 5) is 14.4. The van der Waals surface area contributed by atoms with Crippen LogP contribution >= 0.6 is 0 Å². The van der Waals surface area contributed by atoms with Gasteiger partial charge in [0.25, 0.3) is 0 Å². The SMILES string of the molecule is COc1ccc(CN(C(=O)Nc2ccccc2)C2CC2)cc1. The van der Waals surface area contributed by atoms with Gasteiger partial charge in [-0.1, -0.05) is 30.3 Å². The van der Waals surface area contributed by atoms with E-state index in [4.69, 9.17) is 4.74 Å². The molecule has 0 unspecified atom stereocenters. The van der Waals surface area contributed by atoms with Crippen molar-refractivity contribution >= 4 is 11.7 Å². The van der Waals surface area contributed by atoms with Gasteiger partial charge in [0, 0.05) is 18.3 Å². The fourth-order valence-corrected chi connectivity index (χ4v) is 2.40. The zero-order chi connectivity index (χ0) is 15.4. The van der Waals surface area contributed by atoms with E-state index in [1.807, 2.05) is 59.5 Å². The molecule has 1 fully saturated rings.